The van der Waals surface area contributed by atoms with Crippen LogP contribution in [0.25, 0.3) is 0 Å². The Kier molecular flexibility index (Phi) is 4.70. The molecule has 1 heterocycles. The fourth-order valence-corrected chi connectivity index (χ4v) is 2.54. The Morgan fingerprint density at radius 3 is 2.67 bits per heavy atom. The first-order valence-corrected chi connectivity index (χ1v) is 6.15. The third kappa shape index (κ3) is 3.55. The molecular formula is C11H20N2OS. The van der Waals surface area contributed by atoms with Crippen molar-refractivity contribution in [3.63, 3.8) is 0 Å². The molecule has 0 aromatic carbocycles. The van der Waals surface area contributed by atoms with Crippen molar-refractivity contribution >= 4 is 11.3 Å². The first kappa shape index (κ1) is 12.6. The van der Waals surface area contributed by atoms with Gasteiger partial charge < -0.3 is 10.4 Å². The van der Waals surface area contributed by atoms with Crippen molar-refractivity contribution in [1.29, 1.82) is 0 Å². The number of nitrogens with zero attached hydrogens (tertiary/aromatic N) is 1. The van der Waals surface area contributed by atoms with Crippen LogP contribution in [0.3, 0.4) is 0 Å². The van der Waals surface area contributed by atoms with Crippen molar-refractivity contribution in [1.82, 2.24) is 10.3 Å². The predicted molar refractivity (Wildman–Crippen MR) is 64.0 cm³/mol. The molecular weight excluding hydrogens is 208 g/mol. The molecule has 0 saturated heterocycles. The Bertz CT molecular complexity index is 310. The fraction of sp³-hybridized carbons (Fsp3) is 0.727. The number of nitrogens with one attached hydrogen (secondary N) is 1. The average Bonchev–Trinajstić information content (AvgIpc) is 2.47. The van der Waals surface area contributed by atoms with Crippen molar-refractivity contribution < 1.29 is 5.11 Å². The van der Waals surface area contributed by atoms with E-state index in [1.54, 1.807) is 11.3 Å². The van der Waals surface area contributed by atoms with Crippen LogP contribution in [0.2, 0.25) is 0 Å². The van der Waals surface area contributed by atoms with E-state index >= 15 is 0 Å². The molecule has 1 atom stereocenters. The topological polar surface area (TPSA) is 45.1 Å². The van der Waals surface area contributed by atoms with Crippen LogP contribution in [-0.4, -0.2) is 17.1 Å². The molecule has 86 valence electrons. The fourth-order valence-electron chi connectivity index (χ4n) is 1.46. The summed E-state index contributed by atoms with van der Waals surface area (Å²) >= 11 is 1.61. The van der Waals surface area contributed by atoms with E-state index in [4.69, 9.17) is 0 Å². The number of hydrogen-bond donors (Lipinski definition) is 2. The van der Waals surface area contributed by atoms with Crippen molar-refractivity contribution in [3.8, 4) is 0 Å². The Labute approximate surface area is 95.6 Å². The monoisotopic (exact) mass is 228 g/mol. The smallest absolute Gasteiger partial charge is 0.122 e. The molecule has 0 radical (unpaired) electrons. The summed E-state index contributed by atoms with van der Waals surface area (Å²) in [5.74, 6) is 0.497. The highest BCUT2D eigenvalue weighted by Crippen LogP contribution is 2.27. The number of hydrogen-bond acceptors (Lipinski definition) is 4. The molecule has 15 heavy (non-hydrogen) atoms. The lowest BCUT2D eigenvalue weighted by Crippen LogP contribution is -2.04. The first-order valence-electron chi connectivity index (χ1n) is 5.33. The molecule has 3 nitrogen and oxygen atoms in total. The number of aliphatic hydroxyl groups excluding tert-OH is 1. The van der Waals surface area contributed by atoms with Crippen molar-refractivity contribution in [3.05, 3.63) is 15.6 Å². The van der Waals surface area contributed by atoms with Gasteiger partial charge in [-0.2, -0.15) is 0 Å². The van der Waals surface area contributed by atoms with Gasteiger partial charge in [0.15, 0.2) is 0 Å². The van der Waals surface area contributed by atoms with Gasteiger partial charge in [0.25, 0.3) is 0 Å². The van der Waals surface area contributed by atoms with E-state index in [1.807, 2.05) is 14.0 Å². The minimum atomic E-state index is -0.403. The third-order valence-corrected chi connectivity index (χ3v) is 3.48. The molecule has 0 bridgehead atoms. The maximum atomic E-state index is 9.92. The van der Waals surface area contributed by atoms with Crippen LogP contribution in [0.5, 0.6) is 0 Å². The molecule has 1 aromatic rings. The van der Waals surface area contributed by atoms with Gasteiger partial charge in [-0.1, -0.05) is 13.8 Å². The summed E-state index contributed by atoms with van der Waals surface area (Å²) in [5, 5.41) is 13.9. The molecule has 0 saturated carbocycles. The molecule has 4 heteroatoms. The second-order valence-electron chi connectivity index (χ2n) is 4.24. The van der Waals surface area contributed by atoms with Crippen LogP contribution in [-0.2, 0) is 6.54 Å². The zero-order valence-corrected chi connectivity index (χ0v) is 10.7. The summed E-state index contributed by atoms with van der Waals surface area (Å²) in [6.45, 7) is 7.04. The number of aromatic nitrogens is 1. The van der Waals surface area contributed by atoms with Crippen molar-refractivity contribution in [2.45, 2.75) is 39.8 Å². The lowest BCUT2D eigenvalue weighted by molar-refractivity contribution is 0.150. The molecule has 0 aliphatic heterocycles. The quantitative estimate of drug-likeness (QED) is 0.812. The van der Waals surface area contributed by atoms with Gasteiger partial charge in [-0.15, -0.1) is 11.3 Å². The van der Waals surface area contributed by atoms with Crippen LogP contribution < -0.4 is 5.32 Å². The maximum Gasteiger partial charge on any atom is 0.122 e. The summed E-state index contributed by atoms with van der Waals surface area (Å²) < 4.78 is 0. The van der Waals surface area contributed by atoms with E-state index in [1.165, 1.54) is 4.88 Å². The summed E-state index contributed by atoms with van der Waals surface area (Å²) in [7, 11) is 1.92. The van der Waals surface area contributed by atoms with Gasteiger partial charge >= 0.3 is 0 Å². The Morgan fingerprint density at radius 1 is 1.47 bits per heavy atom. The molecule has 2 N–H and O–H groups in total. The summed E-state index contributed by atoms with van der Waals surface area (Å²) in [5.41, 5.74) is 1.03. The van der Waals surface area contributed by atoms with Gasteiger partial charge in [0, 0.05) is 11.4 Å². The molecule has 0 fully saturated rings. The van der Waals surface area contributed by atoms with Gasteiger partial charge in [-0.3, -0.25) is 0 Å². The third-order valence-electron chi connectivity index (χ3n) is 2.23. The minimum Gasteiger partial charge on any atom is -0.386 e. The SMILES string of the molecule is CNCc1sc(C(O)CC(C)C)nc1C. The Hall–Kier alpha value is -0.450. The van der Waals surface area contributed by atoms with Crippen LogP contribution in [0.15, 0.2) is 0 Å². The highest BCUT2D eigenvalue weighted by atomic mass is 32.1. The number of thiazole rings is 1. The second kappa shape index (κ2) is 5.58. The van der Waals surface area contributed by atoms with Gasteiger partial charge in [-0.05, 0) is 26.3 Å². The standard InChI is InChI=1S/C11H20N2OS/c1-7(2)5-9(14)11-13-8(3)10(15-11)6-12-4/h7,9,12,14H,5-6H2,1-4H3. The van der Waals surface area contributed by atoms with Gasteiger partial charge in [0.05, 0.1) is 5.69 Å². The van der Waals surface area contributed by atoms with E-state index < -0.39 is 6.10 Å². The molecule has 1 aromatic heterocycles. The molecule has 0 aliphatic carbocycles. The lowest BCUT2D eigenvalue weighted by atomic mass is 10.1. The second-order valence-corrected chi connectivity index (χ2v) is 5.35. The number of rotatable bonds is 5. The minimum absolute atomic E-state index is 0.403. The van der Waals surface area contributed by atoms with Crippen LogP contribution in [0, 0.1) is 12.8 Å². The molecule has 0 aliphatic rings. The zero-order valence-electron chi connectivity index (χ0n) is 9.87. The zero-order chi connectivity index (χ0) is 11.4. The van der Waals surface area contributed by atoms with Gasteiger partial charge in [0.1, 0.15) is 11.1 Å². The summed E-state index contributed by atoms with van der Waals surface area (Å²) in [6.07, 6.45) is 0.380. The number of aliphatic hydroxyl groups is 1. The van der Waals surface area contributed by atoms with Gasteiger partial charge in [0.2, 0.25) is 0 Å². The lowest BCUT2D eigenvalue weighted by Gasteiger charge is -2.09. The predicted octanol–water partition coefficient (Wildman–Crippen LogP) is 2.25. The molecule has 1 unspecified atom stereocenters. The van der Waals surface area contributed by atoms with E-state index in [9.17, 15) is 5.11 Å². The number of aryl methyl sites for hydroxylation is 1. The summed E-state index contributed by atoms with van der Waals surface area (Å²) in [4.78, 5) is 5.63. The molecule has 1 rings (SSSR count). The van der Waals surface area contributed by atoms with Crippen molar-refractivity contribution in [2.75, 3.05) is 7.05 Å². The first-order chi connectivity index (χ1) is 7.04. The highest BCUT2D eigenvalue weighted by molar-refractivity contribution is 7.11. The summed E-state index contributed by atoms with van der Waals surface area (Å²) in [6, 6.07) is 0. The van der Waals surface area contributed by atoms with E-state index in [0.29, 0.717) is 5.92 Å². The van der Waals surface area contributed by atoms with Crippen LogP contribution in [0.4, 0.5) is 0 Å². The van der Waals surface area contributed by atoms with Gasteiger partial charge in [-0.25, -0.2) is 4.98 Å². The Morgan fingerprint density at radius 2 is 2.13 bits per heavy atom. The van der Waals surface area contributed by atoms with E-state index in [-0.39, 0.29) is 0 Å². The van der Waals surface area contributed by atoms with Crippen LogP contribution in [0.1, 0.15) is 42.0 Å². The van der Waals surface area contributed by atoms with E-state index in [0.717, 1.165) is 23.7 Å². The van der Waals surface area contributed by atoms with E-state index in [2.05, 4.69) is 24.1 Å². The normalized spacial score (nSPS) is 13.5. The van der Waals surface area contributed by atoms with Crippen molar-refractivity contribution in [2.24, 2.45) is 5.92 Å². The van der Waals surface area contributed by atoms with Crippen LogP contribution >= 0.6 is 11.3 Å². The molecule has 0 amide bonds. The Balaban J connectivity index is 2.73. The average molecular weight is 228 g/mol. The maximum absolute atomic E-state index is 9.92. The molecule has 0 spiro atoms. The largest absolute Gasteiger partial charge is 0.386 e. The highest BCUT2D eigenvalue weighted by Gasteiger charge is 2.15.